The number of rotatable bonds is 1. The lowest BCUT2D eigenvalue weighted by atomic mass is 9.64. The lowest BCUT2D eigenvalue weighted by Crippen LogP contribution is -2.46. The molecule has 0 N–H and O–H groups in total. The second-order valence-electron chi connectivity index (χ2n) is 6.70. The van der Waals surface area contributed by atoms with Crippen LogP contribution in [-0.2, 0) is 20.4 Å². The van der Waals surface area contributed by atoms with Gasteiger partial charge in [0.2, 0.25) is 0 Å². The van der Waals surface area contributed by atoms with Crippen molar-refractivity contribution in [1.82, 2.24) is 9.97 Å². The molecule has 6 heteroatoms. The van der Waals surface area contributed by atoms with Crippen LogP contribution in [0.2, 0.25) is 0 Å². The zero-order valence-corrected chi connectivity index (χ0v) is 13.0. The van der Waals surface area contributed by atoms with E-state index in [1.165, 1.54) is 7.11 Å². The van der Waals surface area contributed by atoms with Gasteiger partial charge in [-0.25, -0.2) is 9.97 Å². The molecular formula is C16H16N4O2. The highest BCUT2D eigenvalue weighted by Crippen LogP contribution is 2.70. The Balaban J connectivity index is 2.42. The zero-order chi connectivity index (χ0) is 16.3. The molecule has 1 aromatic heterocycles. The Labute approximate surface area is 128 Å². The van der Waals surface area contributed by atoms with Crippen molar-refractivity contribution in [2.75, 3.05) is 7.11 Å². The summed E-state index contributed by atoms with van der Waals surface area (Å²) in [6, 6.07) is 3.83. The number of carbonyl (C=O) groups excluding carboxylic acids is 1. The van der Waals surface area contributed by atoms with E-state index in [9.17, 15) is 15.3 Å². The number of hydrogen-bond acceptors (Lipinski definition) is 6. The Morgan fingerprint density at radius 2 is 1.64 bits per heavy atom. The molecule has 112 valence electrons. The first-order chi connectivity index (χ1) is 10.3. The molecule has 0 unspecified atom stereocenters. The highest BCUT2D eigenvalue weighted by molar-refractivity contribution is 5.87. The lowest BCUT2D eigenvalue weighted by molar-refractivity contribution is -0.151. The Hall–Kier alpha value is -2.47. The number of carbonyl (C=O) groups is 1. The number of nitriles is 2. The molecule has 0 aromatic carbocycles. The fraction of sp³-hybridized carbons (Fsp3) is 0.562. The van der Waals surface area contributed by atoms with Crippen molar-refractivity contribution in [1.29, 1.82) is 10.5 Å². The second-order valence-corrected chi connectivity index (χ2v) is 6.70. The smallest absolute Gasteiger partial charge is 0.318 e. The summed E-state index contributed by atoms with van der Waals surface area (Å²) >= 11 is 0. The summed E-state index contributed by atoms with van der Waals surface area (Å²) in [6.45, 7) is 6.07. The van der Waals surface area contributed by atoms with Crippen LogP contribution in [0.15, 0.2) is 0 Å². The van der Waals surface area contributed by atoms with Gasteiger partial charge in [-0.2, -0.15) is 10.5 Å². The van der Waals surface area contributed by atoms with E-state index in [0.717, 1.165) is 6.42 Å². The van der Waals surface area contributed by atoms with Crippen LogP contribution in [0.4, 0.5) is 0 Å². The molecule has 1 heterocycles. The number of nitrogens with zero attached hydrogens (tertiary/aromatic N) is 4. The highest BCUT2D eigenvalue weighted by Gasteiger charge is 2.74. The van der Waals surface area contributed by atoms with Crippen LogP contribution in [0, 0.1) is 28.1 Å². The van der Waals surface area contributed by atoms with Crippen LogP contribution in [0.1, 0.15) is 56.4 Å². The predicted octanol–water partition coefficient (Wildman–Crippen LogP) is 1.72. The van der Waals surface area contributed by atoms with E-state index in [1.54, 1.807) is 0 Å². The maximum atomic E-state index is 12.6. The van der Waals surface area contributed by atoms with Gasteiger partial charge in [-0.15, -0.1) is 0 Å². The average molecular weight is 296 g/mol. The number of methoxy groups -OCH3 is 1. The van der Waals surface area contributed by atoms with Gasteiger partial charge in [0.1, 0.15) is 17.6 Å². The molecule has 0 saturated heterocycles. The van der Waals surface area contributed by atoms with Crippen molar-refractivity contribution >= 4 is 5.97 Å². The van der Waals surface area contributed by atoms with Crippen molar-refractivity contribution in [3.05, 3.63) is 22.8 Å². The molecule has 1 aromatic rings. The molecule has 0 amide bonds. The Morgan fingerprint density at radius 3 is 2.14 bits per heavy atom. The van der Waals surface area contributed by atoms with Crippen LogP contribution in [-0.4, -0.2) is 23.0 Å². The minimum absolute atomic E-state index is 0.0193. The summed E-state index contributed by atoms with van der Waals surface area (Å²) in [5.41, 5.74) is -0.571. The van der Waals surface area contributed by atoms with E-state index < -0.39 is 10.8 Å². The van der Waals surface area contributed by atoms with Crippen molar-refractivity contribution in [2.45, 2.75) is 44.4 Å². The molecule has 0 radical (unpaired) electrons. The maximum absolute atomic E-state index is 12.6. The highest BCUT2D eigenvalue weighted by atomic mass is 16.5. The number of hydrogen-bond donors (Lipinski definition) is 0. The average Bonchev–Trinajstić information content (AvgIpc) is 2.81. The van der Waals surface area contributed by atoms with Gasteiger partial charge in [-0.05, 0) is 18.3 Å². The number of esters is 1. The van der Waals surface area contributed by atoms with Crippen molar-refractivity contribution < 1.29 is 9.53 Å². The normalized spacial score (nSPS) is 30.3. The molecule has 3 rings (SSSR count). The first kappa shape index (κ1) is 14.5. The Morgan fingerprint density at radius 1 is 1.09 bits per heavy atom. The summed E-state index contributed by atoms with van der Waals surface area (Å²) in [4.78, 5) is 21.4. The van der Waals surface area contributed by atoms with E-state index in [1.807, 2.05) is 32.9 Å². The molecule has 2 bridgehead atoms. The molecule has 2 aliphatic carbocycles. The molecule has 0 spiro atoms. The minimum Gasteiger partial charge on any atom is -0.468 e. The number of fused-ring (bicyclic) bond motifs is 5. The predicted molar refractivity (Wildman–Crippen MR) is 75.5 cm³/mol. The summed E-state index contributed by atoms with van der Waals surface area (Å²) in [5, 5.41) is 18.4. The number of aromatic nitrogens is 2. The lowest BCUT2D eigenvalue weighted by Gasteiger charge is -2.38. The molecule has 1 saturated carbocycles. The van der Waals surface area contributed by atoms with Gasteiger partial charge >= 0.3 is 5.97 Å². The summed E-state index contributed by atoms with van der Waals surface area (Å²) in [7, 11) is 1.36. The van der Waals surface area contributed by atoms with E-state index in [-0.39, 0.29) is 22.8 Å². The van der Waals surface area contributed by atoms with Gasteiger partial charge in [0.25, 0.3) is 0 Å². The van der Waals surface area contributed by atoms with E-state index in [2.05, 4.69) is 9.97 Å². The quantitative estimate of drug-likeness (QED) is 0.731. The summed E-state index contributed by atoms with van der Waals surface area (Å²) < 4.78 is 5.07. The minimum atomic E-state index is -0.904. The van der Waals surface area contributed by atoms with Crippen LogP contribution in [0.3, 0.4) is 0 Å². The Bertz CT molecular complexity index is 787. The Kier molecular flexibility index (Phi) is 2.66. The topological polar surface area (TPSA) is 99.7 Å². The van der Waals surface area contributed by atoms with Crippen molar-refractivity contribution in [2.24, 2.45) is 5.41 Å². The van der Waals surface area contributed by atoms with Gasteiger partial charge in [-0.3, -0.25) is 4.79 Å². The van der Waals surface area contributed by atoms with Crippen molar-refractivity contribution in [3.8, 4) is 12.1 Å². The third-order valence-corrected chi connectivity index (χ3v) is 6.01. The standard InChI is InChI=1S/C16H16N4O2/c1-14(2)15(3)5-6-16(14,13(21)22-4)12-11(15)19-9(7-17)10(8-18)20-12/h5-6H2,1-4H3/t15-,16+/m1/s1. The van der Waals surface area contributed by atoms with E-state index >= 15 is 0 Å². The van der Waals surface area contributed by atoms with Crippen LogP contribution in [0.25, 0.3) is 0 Å². The van der Waals surface area contributed by atoms with E-state index in [4.69, 9.17) is 4.74 Å². The molecule has 6 nitrogen and oxygen atoms in total. The van der Waals surface area contributed by atoms with Crippen LogP contribution < -0.4 is 0 Å². The summed E-state index contributed by atoms with van der Waals surface area (Å²) in [5.74, 6) is -0.345. The monoisotopic (exact) mass is 296 g/mol. The van der Waals surface area contributed by atoms with E-state index in [0.29, 0.717) is 17.8 Å². The van der Waals surface area contributed by atoms with Crippen LogP contribution >= 0.6 is 0 Å². The molecule has 1 fully saturated rings. The van der Waals surface area contributed by atoms with Crippen molar-refractivity contribution in [3.63, 3.8) is 0 Å². The molecule has 2 aliphatic rings. The first-order valence-corrected chi connectivity index (χ1v) is 7.12. The largest absolute Gasteiger partial charge is 0.468 e. The molecule has 0 aliphatic heterocycles. The number of ether oxygens (including phenoxy) is 1. The third-order valence-electron chi connectivity index (χ3n) is 6.01. The fourth-order valence-corrected chi connectivity index (χ4v) is 4.26. The van der Waals surface area contributed by atoms with Gasteiger partial charge < -0.3 is 4.74 Å². The summed E-state index contributed by atoms with van der Waals surface area (Å²) in [6.07, 6.45) is 1.38. The zero-order valence-electron chi connectivity index (χ0n) is 13.0. The molecule has 22 heavy (non-hydrogen) atoms. The van der Waals surface area contributed by atoms with Gasteiger partial charge in [-0.1, -0.05) is 20.8 Å². The third kappa shape index (κ3) is 1.23. The molecular weight excluding hydrogens is 280 g/mol. The van der Waals surface area contributed by atoms with Crippen LogP contribution in [0.5, 0.6) is 0 Å². The SMILES string of the molecule is COC(=O)[C@]12CC[C@](C)(c3nc(C#N)c(C#N)nc31)C2(C)C. The van der Waals surface area contributed by atoms with Gasteiger partial charge in [0, 0.05) is 5.41 Å². The van der Waals surface area contributed by atoms with Gasteiger partial charge in [0.15, 0.2) is 11.4 Å². The second kappa shape index (κ2) is 4.04. The maximum Gasteiger partial charge on any atom is 0.318 e. The fourth-order valence-electron chi connectivity index (χ4n) is 4.26. The molecule has 2 atom stereocenters. The first-order valence-electron chi connectivity index (χ1n) is 7.12. The van der Waals surface area contributed by atoms with Gasteiger partial charge in [0.05, 0.1) is 18.5 Å².